The third-order valence-corrected chi connectivity index (χ3v) is 4.37. The fraction of sp³-hybridized carbons (Fsp3) is 0.353. The quantitative estimate of drug-likeness (QED) is 0.750. The number of halogens is 1. The van der Waals surface area contributed by atoms with Crippen molar-refractivity contribution >= 4 is 34.9 Å². The van der Waals surface area contributed by atoms with Crippen LogP contribution in [0.5, 0.6) is 0 Å². The van der Waals surface area contributed by atoms with Crippen molar-refractivity contribution in [3.05, 3.63) is 40.6 Å². The molecule has 3 amide bonds. The minimum Gasteiger partial charge on any atom is -0.369 e. The number of rotatable bonds is 7. The summed E-state index contributed by atoms with van der Waals surface area (Å²) in [6, 6.07) is 5.62. The number of amides is 3. The number of benzene rings is 1. The van der Waals surface area contributed by atoms with Gasteiger partial charge in [0.2, 0.25) is 5.91 Å². The van der Waals surface area contributed by atoms with Crippen LogP contribution >= 0.6 is 11.8 Å². The van der Waals surface area contributed by atoms with Crippen LogP contribution in [0, 0.1) is 5.82 Å². The first kappa shape index (κ1) is 19.1. The molecule has 0 radical (unpaired) electrons. The molecule has 1 unspecified atom stereocenters. The number of nitrogens with zero attached hydrogens (tertiary/aromatic N) is 1. The van der Waals surface area contributed by atoms with Crippen LogP contribution in [0.3, 0.4) is 0 Å². The van der Waals surface area contributed by atoms with Crippen molar-refractivity contribution in [1.29, 1.82) is 0 Å². The Morgan fingerprint density at radius 1 is 1.36 bits per heavy atom. The Balaban J connectivity index is 1.92. The first-order chi connectivity index (χ1) is 11.9. The molecule has 1 atom stereocenters. The largest absolute Gasteiger partial charge is 0.369 e. The van der Waals surface area contributed by atoms with Gasteiger partial charge in [0, 0.05) is 19.7 Å². The normalized spacial score (nSPS) is 17.2. The van der Waals surface area contributed by atoms with E-state index in [-0.39, 0.29) is 29.7 Å². The van der Waals surface area contributed by atoms with E-state index in [4.69, 9.17) is 4.74 Å². The second-order valence-electron chi connectivity index (χ2n) is 5.27. The average Bonchev–Trinajstić information content (AvgIpc) is 2.84. The Kier molecular flexibility index (Phi) is 6.72. The van der Waals surface area contributed by atoms with Crippen molar-refractivity contribution in [3.8, 4) is 0 Å². The fourth-order valence-electron chi connectivity index (χ4n) is 2.16. The van der Waals surface area contributed by atoms with Crippen LogP contribution in [0.25, 0.3) is 6.08 Å². The first-order valence-electron chi connectivity index (χ1n) is 7.82. The highest BCUT2D eigenvalue weighted by Gasteiger charge is 2.34. The molecule has 0 saturated carbocycles. The number of carbonyl (C=O) groups is 3. The highest BCUT2D eigenvalue weighted by atomic mass is 32.2. The van der Waals surface area contributed by atoms with Gasteiger partial charge in [0.15, 0.2) is 0 Å². The number of ether oxygens (including phenoxy) is 1. The summed E-state index contributed by atoms with van der Waals surface area (Å²) in [6.45, 7) is 4.07. The lowest BCUT2D eigenvalue weighted by molar-refractivity contribution is -0.131. The van der Waals surface area contributed by atoms with E-state index in [9.17, 15) is 18.8 Å². The Morgan fingerprint density at radius 3 is 2.68 bits per heavy atom. The van der Waals surface area contributed by atoms with Crippen LogP contribution < -0.4 is 5.32 Å². The molecule has 1 aliphatic rings. The zero-order valence-corrected chi connectivity index (χ0v) is 14.8. The summed E-state index contributed by atoms with van der Waals surface area (Å²) < 4.78 is 18.1. The lowest BCUT2D eigenvalue weighted by atomic mass is 10.2. The summed E-state index contributed by atoms with van der Waals surface area (Å²) in [5.41, 5.74) is 0.630. The van der Waals surface area contributed by atoms with E-state index in [0.29, 0.717) is 12.2 Å². The first-order valence-corrected chi connectivity index (χ1v) is 8.64. The van der Waals surface area contributed by atoms with E-state index in [1.165, 1.54) is 24.3 Å². The van der Waals surface area contributed by atoms with Gasteiger partial charge in [-0.3, -0.25) is 19.3 Å². The lowest BCUT2D eigenvalue weighted by Gasteiger charge is -2.15. The molecule has 25 heavy (non-hydrogen) atoms. The van der Waals surface area contributed by atoms with Crippen molar-refractivity contribution < 1.29 is 23.5 Å². The molecule has 8 heteroatoms. The summed E-state index contributed by atoms with van der Waals surface area (Å²) >= 11 is 0.821. The molecule has 2 rings (SSSR count). The molecule has 1 fully saturated rings. The SMILES string of the molecule is CCOC(C)C(=O)NCCN1C(=O)SC(=Cc2ccc(F)cc2)C1=O. The molecule has 1 aromatic rings. The third-order valence-electron chi connectivity index (χ3n) is 3.46. The predicted octanol–water partition coefficient (Wildman–Crippen LogP) is 2.40. The van der Waals surface area contributed by atoms with Gasteiger partial charge in [-0.15, -0.1) is 0 Å². The second kappa shape index (κ2) is 8.77. The molecular formula is C17H19FN2O4S. The summed E-state index contributed by atoms with van der Waals surface area (Å²) in [5, 5.41) is 2.23. The van der Waals surface area contributed by atoms with Gasteiger partial charge >= 0.3 is 0 Å². The number of carbonyl (C=O) groups excluding carboxylic acids is 3. The van der Waals surface area contributed by atoms with E-state index >= 15 is 0 Å². The van der Waals surface area contributed by atoms with Crippen LogP contribution in [-0.2, 0) is 14.3 Å². The minimum absolute atomic E-state index is 0.0794. The average molecular weight is 366 g/mol. The van der Waals surface area contributed by atoms with Crippen LogP contribution in [0.15, 0.2) is 29.2 Å². The lowest BCUT2D eigenvalue weighted by Crippen LogP contribution is -2.41. The highest BCUT2D eigenvalue weighted by molar-refractivity contribution is 8.18. The van der Waals surface area contributed by atoms with E-state index in [0.717, 1.165) is 16.7 Å². The molecule has 1 saturated heterocycles. The van der Waals surface area contributed by atoms with E-state index in [1.54, 1.807) is 19.9 Å². The molecular weight excluding hydrogens is 347 g/mol. The molecule has 0 aromatic heterocycles. The molecule has 1 N–H and O–H groups in total. The topological polar surface area (TPSA) is 75.7 Å². The number of thioether (sulfide) groups is 1. The van der Waals surface area contributed by atoms with Gasteiger partial charge in [-0.2, -0.15) is 0 Å². The number of nitrogens with one attached hydrogen (secondary N) is 1. The van der Waals surface area contributed by atoms with Gasteiger partial charge in [0.05, 0.1) is 4.91 Å². The van der Waals surface area contributed by atoms with Crippen molar-refractivity contribution in [3.63, 3.8) is 0 Å². The molecule has 0 bridgehead atoms. The summed E-state index contributed by atoms with van der Waals surface area (Å²) in [5.74, 6) is -1.09. The zero-order chi connectivity index (χ0) is 18.4. The van der Waals surface area contributed by atoms with Crippen molar-refractivity contribution in [2.45, 2.75) is 20.0 Å². The molecule has 0 spiro atoms. The van der Waals surface area contributed by atoms with Gasteiger partial charge in [-0.05, 0) is 49.4 Å². The summed E-state index contributed by atoms with van der Waals surface area (Å²) in [4.78, 5) is 37.4. The maximum atomic E-state index is 12.9. The fourth-order valence-corrected chi connectivity index (χ4v) is 3.03. The molecule has 1 aromatic carbocycles. The number of imide groups is 1. The van der Waals surface area contributed by atoms with Crippen molar-refractivity contribution in [2.24, 2.45) is 0 Å². The van der Waals surface area contributed by atoms with Crippen molar-refractivity contribution in [2.75, 3.05) is 19.7 Å². The minimum atomic E-state index is -0.585. The maximum absolute atomic E-state index is 12.9. The van der Waals surface area contributed by atoms with Gasteiger partial charge in [0.25, 0.3) is 11.1 Å². The molecule has 1 heterocycles. The Hall–Kier alpha value is -2.19. The number of hydrogen-bond acceptors (Lipinski definition) is 5. The van der Waals surface area contributed by atoms with Crippen LogP contribution in [0.2, 0.25) is 0 Å². The Morgan fingerprint density at radius 2 is 2.04 bits per heavy atom. The van der Waals surface area contributed by atoms with E-state index in [1.807, 2.05) is 0 Å². The monoisotopic (exact) mass is 366 g/mol. The molecule has 6 nitrogen and oxygen atoms in total. The van der Waals surface area contributed by atoms with Gasteiger partial charge in [-0.1, -0.05) is 12.1 Å². The van der Waals surface area contributed by atoms with Crippen LogP contribution in [0.4, 0.5) is 9.18 Å². The summed E-state index contributed by atoms with van der Waals surface area (Å²) in [7, 11) is 0. The van der Waals surface area contributed by atoms with Gasteiger partial charge in [0.1, 0.15) is 11.9 Å². The van der Waals surface area contributed by atoms with Crippen molar-refractivity contribution in [1.82, 2.24) is 10.2 Å². The highest BCUT2D eigenvalue weighted by Crippen LogP contribution is 2.31. The van der Waals surface area contributed by atoms with Crippen LogP contribution in [-0.4, -0.2) is 47.8 Å². The number of hydrogen-bond donors (Lipinski definition) is 1. The zero-order valence-electron chi connectivity index (χ0n) is 14.0. The van der Waals surface area contributed by atoms with Gasteiger partial charge in [-0.25, -0.2) is 4.39 Å². The predicted molar refractivity (Wildman–Crippen MR) is 93.2 cm³/mol. The van der Waals surface area contributed by atoms with Gasteiger partial charge < -0.3 is 10.1 Å². The molecule has 134 valence electrons. The van der Waals surface area contributed by atoms with Crippen LogP contribution in [0.1, 0.15) is 19.4 Å². The Bertz CT molecular complexity index is 690. The van der Waals surface area contributed by atoms with E-state index < -0.39 is 17.3 Å². The molecule has 1 aliphatic heterocycles. The third kappa shape index (κ3) is 5.14. The standard InChI is InChI=1S/C17H19FN2O4S/c1-3-24-11(2)15(21)19-8-9-20-16(22)14(25-17(20)23)10-12-4-6-13(18)7-5-12/h4-7,10-11H,3,8-9H2,1-2H3,(H,19,21). The maximum Gasteiger partial charge on any atom is 0.293 e. The molecule has 0 aliphatic carbocycles. The van der Waals surface area contributed by atoms with E-state index in [2.05, 4.69) is 5.32 Å². The summed E-state index contributed by atoms with van der Waals surface area (Å²) in [6.07, 6.45) is 0.957. The smallest absolute Gasteiger partial charge is 0.293 e. The second-order valence-corrected chi connectivity index (χ2v) is 6.27. The Labute approximate surface area is 149 Å².